The highest BCUT2D eigenvalue weighted by Gasteiger charge is 2.41. The topological polar surface area (TPSA) is 50.8 Å². The van der Waals surface area contributed by atoms with Gasteiger partial charge in [0.05, 0.1) is 19.8 Å². The third-order valence-electron chi connectivity index (χ3n) is 6.10. The summed E-state index contributed by atoms with van der Waals surface area (Å²) >= 11 is 1.81. The summed E-state index contributed by atoms with van der Waals surface area (Å²) in [6, 6.07) is 10.9. The number of hydrogen-bond donors (Lipinski definition) is 1. The first-order chi connectivity index (χ1) is 14.6. The number of methoxy groups -OCH3 is 2. The quantitative estimate of drug-likeness (QED) is 0.675. The molecule has 1 aliphatic heterocycles. The van der Waals surface area contributed by atoms with Crippen molar-refractivity contribution in [3.63, 3.8) is 0 Å². The second-order valence-electron chi connectivity index (χ2n) is 8.41. The lowest BCUT2D eigenvalue weighted by Crippen LogP contribution is -2.50. The Morgan fingerprint density at radius 3 is 2.70 bits per heavy atom. The summed E-state index contributed by atoms with van der Waals surface area (Å²) in [6.07, 6.45) is 4.20. The summed E-state index contributed by atoms with van der Waals surface area (Å²) in [5, 5.41) is 3.78. The van der Waals surface area contributed by atoms with Gasteiger partial charge in [-0.25, -0.2) is 0 Å². The van der Waals surface area contributed by atoms with Gasteiger partial charge in [0.25, 0.3) is 0 Å². The molecular formula is C24H32N2O3S. The Labute approximate surface area is 183 Å². The van der Waals surface area contributed by atoms with Gasteiger partial charge in [0.15, 0.2) is 0 Å². The molecule has 1 amide bonds. The molecule has 2 fully saturated rings. The standard InChI is InChI=1S/C24H32N2O3S/c1-16-6-11-22(30-16)23-20(5-4-12-26(23)24(27)18-8-9-18)25-14-19-13-17(15-28-2)7-10-21(19)29-3/h6-7,10-11,13,18,20,23,25H,4-5,8-9,12,14-15H2,1-3H3/t20-,23-/m1/s1. The molecule has 1 N–H and O–H groups in total. The Morgan fingerprint density at radius 2 is 2.03 bits per heavy atom. The van der Waals surface area contributed by atoms with Crippen LogP contribution in [0.2, 0.25) is 0 Å². The van der Waals surface area contributed by atoms with Crippen molar-refractivity contribution in [2.24, 2.45) is 5.92 Å². The zero-order valence-corrected chi connectivity index (χ0v) is 19.0. The van der Waals surface area contributed by atoms with Crippen LogP contribution < -0.4 is 10.1 Å². The molecule has 0 radical (unpaired) electrons. The number of hydrogen-bond acceptors (Lipinski definition) is 5. The number of rotatable bonds is 8. The Balaban J connectivity index is 1.55. The monoisotopic (exact) mass is 428 g/mol. The second-order valence-corrected chi connectivity index (χ2v) is 9.73. The molecule has 5 nitrogen and oxygen atoms in total. The van der Waals surface area contributed by atoms with Crippen molar-refractivity contribution in [3.8, 4) is 5.75 Å². The summed E-state index contributed by atoms with van der Waals surface area (Å²) in [5.41, 5.74) is 2.26. The minimum absolute atomic E-state index is 0.110. The highest BCUT2D eigenvalue weighted by Crippen LogP contribution is 2.40. The minimum atomic E-state index is 0.110. The molecule has 0 spiro atoms. The average molecular weight is 429 g/mol. The molecule has 2 aliphatic rings. The highest BCUT2D eigenvalue weighted by atomic mass is 32.1. The predicted molar refractivity (Wildman–Crippen MR) is 120 cm³/mol. The number of carbonyl (C=O) groups excluding carboxylic acids is 1. The van der Waals surface area contributed by atoms with Crippen molar-refractivity contribution in [1.82, 2.24) is 10.2 Å². The fraction of sp³-hybridized carbons (Fsp3) is 0.542. The number of carbonyl (C=O) groups is 1. The molecule has 2 aromatic rings. The third kappa shape index (κ3) is 4.71. The first-order valence-electron chi connectivity index (χ1n) is 10.9. The van der Waals surface area contributed by atoms with Crippen molar-refractivity contribution < 1.29 is 14.3 Å². The number of aryl methyl sites for hydroxylation is 1. The molecule has 1 saturated heterocycles. The van der Waals surface area contributed by atoms with Gasteiger partial charge in [0.2, 0.25) is 5.91 Å². The lowest BCUT2D eigenvalue weighted by atomic mass is 9.93. The maximum absolute atomic E-state index is 13.1. The van der Waals surface area contributed by atoms with Gasteiger partial charge in [-0.05, 0) is 62.4 Å². The number of thiophene rings is 1. The van der Waals surface area contributed by atoms with Gasteiger partial charge in [0, 0.05) is 47.5 Å². The molecule has 30 heavy (non-hydrogen) atoms. The summed E-state index contributed by atoms with van der Waals surface area (Å²) in [4.78, 5) is 17.8. The number of likely N-dealkylation sites (tertiary alicyclic amines) is 1. The molecule has 1 saturated carbocycles. The SMILES string of the molecule is COCc1ccc(OC)c(CN[C@@H]2CCCN(C(=O)C3CC3)[C@H]2c2ccc(C)s2)c1. The van der Waals surface area contributed by atoms with E-state index in [1.807, 2.05) is 23.5 Å². The number of nitrogens with zero attached hydrogens (tertiary/aromatic N) is 1. The van der Waals surface area contributed by atoms with E-state index in [-0.39, 0.29) is 18.0 Å². The largest absolute Gasteiger partial charge is 0.496 e. The third-order valence-corrected chi connectivity index (χ3v) is 7.18. The molecule has 2 atom stereocenters. The van der Waals surface area contributed by atoms with E-state index in [2.05, 4.69) is 35.3 Å². The fourth-order valence-corrected chi connectivity index (χ4v) is 5.51. The molecule has 1 aromatic heterocycles. The molecule has 0 bridgehead atoms. The predicted octanol–water partition coefficient (Wildman–Crippen LogP) is 4.44. The van der Waals surface area contributed by atoms with Crippen LogP contribution >= 0.6 is 11.3 Å². The second kappa shape index (κ2) is 9.50. The average Bonchev–Trinajstić information content (AvgIpc) is 3.52. The Hall–Kier alpha value is -1.89. The van der Waals surface area contributed by atoms with Crippen LogP contribution in [-0.2, 0) is 22.7 Å². The number of nitrogens with one attached hydrogen (secondary N) is 1. The smallest absolute Gasteiger partial charge is 0.226 e. The Bertz CT molecular complexity index is 877. The van der Waals surface area contributed by atoms with Gasteiger partial charge in [-0.3, -0.25) is 4.79 Å². The van der Waals surface area contributed by atoms with Gasteiger partial charge in [0.1, 0.15) is 5.75 Å². The van der Waals surface area contributed by atoms with Crippen molar-refractivity contribution in [1.29, 1.82) is 0 Å². The van der Waals surface area contributed by atoms with Crippen molar-refractivity contribution in [2.75, 3.05) is 20.8 Å². The molecule has 1 aromatic carbocycles. The van der Waals surface area contributed by atoms with Crippen LogP contribution in [0.3, 0.4) is 0 Å². The molecule has 0 unspecified atom stereocenters. The first kappa shape index (κ1) is 21.3. The summed E-state index contributed by atoms with van der Waals surface area (Å²) < 4.78 is 10.9. The number of amides is 1. The van der Waals surface area contributed by atoms with E-state index in [0.717, 1.165) is 49.1 Å². The van der Waals surface area contributed by atoms with Gasteiger partial charge in [-0.2, -0.15) is 0 Å². The number of benzene rings is 1. The van der Waals surface area contributed by atoms with Crippen LogP contribution in [0, 0.1) is 12.8 Å². The van der Waals surface area contributed by atoms with Crippen LogP contribution in [0.1, 0.15) is 52.6 Å². The summed E-state index contributed by atoms with van der Waals surface area (Å²) in [7, 11) is 3.42. The first-order valence-corrected chi connectivity index (χ1v) is 11.7. The van der Waals surface area contributed by atoms with Gasteiger partial charge >= 0.3 is 0 Å². The van der Waals surface area contributed by atoms with Crippen LogP contribution in [0.15, 0.2) is 30.3 Å². The molecule has 162 valence electrons. The van der Waals surface area contributed by atoms with E-state index in [4.69, 9.17) is 9.47 Å². The van der Waals surface area contributed by atoms with Gasteiger partial charge in [-0.15, -0.1) is 11.3 Å². The molecule has 6 heteroatoms. The van der Waals surface area contributed by atoms with E-state index >= 15 is 0 Å². The normalized spacial score (nSPS) is 21.6. The van der Waals surface area contributed by atoms with Crippen LogP contribution in [0.5, 0.6) is 5.75 Å². The van der Waals surface area contributed by atoms with E-state index in [1.54, 1.807) is 14.2 Å². The van der Waals surface area contributed by atoms with Crippen molar-refractivity contribution >= 4 is 17.2 Å². The van der Waals surface area contributed by atoms with E-state index in [9.17, 15) is 4.79 Å². The molecule has 4 rings (SSSR count). The lowest BCUT2D eigenvalue weighted by molar-refractivity contribution is -0.137. The zero-order chi connectivity index (χ0) is 21.1. The maximum atomic E-state index is 13.1. The van der Waals surface area contributed by atoms with E-state index in [0.29, 0.717) is 19.1 Å². The number of piperidine rings is 1. The Morgan fingerprint density at radius 1 is 1.20 bits per heavy atom. The van der Waals surface area contributed by atoms with E-state index in [1.165, 1.54) is 9.75 Å². The zero-order valence-electron chi connectivity index (χ0n) is 18.1. The maximum Gasteiger partial charge on any atom is 0.226 e. The van der Waals surface area contributed by atoms with Crippen molar-refractivity contribution in [3.05, 3.63) is 51.2 Å². The van der Waals surface area contributed by atoms with Crippen LogP contribution in [0.25, 0.3) is 0 Å². The molecule has 1 aliphatic carbocycles. The summed E-state index contributed by atoms with van der Waals surface area (Å²) in [6.45, 7) is 4.29. The lowest BCUT2D eigenvalue weighted by Gasteiger charge is -2.41. The van der Waals surface area contributed by atoms with E-state index < -0.39 is 0 Å². The highest BCUT2D eigenvalue weighted by molar-refractivity contribution is 7.12. The molecular weight excluding hydrogens is 396 g/mol. The minimum Gasteiger partial charge on any atom is -0.496 e. The summed E-state index contributed by atoms with van der Waals surface area (Å²) in [5.74, 6) is 1.47. The van der Waals surface area contributed by atoms with Gasteiger partial charge < -0.3 is 19.7 Å². The molecule has 2 heterocycles. The Kier molecular flexibility index (Phi) is 6.76. The van der Waals surface area contributed by atoms with Crippen LogP contribution in [0.4, 0.5) is 0 Å². The van der Waals surface area contributed by atoms with Crippen molar-refractivity contribution in [2.45, 2.75) is 57.8 Å². The number of ether oxygens (including phenoxy) is 2. The van der Waals surface area contributed by atoms with Crippen LogP contribution in [-0.4, -0.2) is 37.6 Å². The van der Waals surface area contributed by atoms with Gasteiger partial charge in [-0.1, -0.05) is 6.07 Å². The fourth-order valence-electron chi connectivity index (χ4n) is 4.45.